The van der Waals surface area contributed by atoms with E-state index in [-0.39, 0.29) is 0 Å². The molecule has 1 aliphatic heterocycles. The van der Waals surface area contributed by atoms with Crippen LogP contribution in [-0.2, 0) is 5.60 Å². The van der Waals surface area contributed by atoms with E-state index in [4.69, 9.17) is 0 Å². The molecule has 0 amide bonds. The standard InChI is InChI=1S/C10H14OS2/c1-8-2-5-13-9(8)10(11)3-6-12-7-4-10/h2,5,11H,3-4,6-7H2,1H3. The van der Waals surface area contributed by atoms with Gasteiger partial charge in [0.25, 0.3) is 0 Å². The number of aryl methyl sites for hydroxylation is 1. The summed E-state index contributed by atoms with van der Waals surface area (Å²) in [6.45, 7) is 2.09. The van der Waals surface area contributed by atoms with Crippen LogP contribution in [0.1, 0.15) is 23.3 Å². The first-order valence-electron chi connectivity index (χ1n) is 4.57. The lowest BCUT2D eigenvalue weighted by molar-refractivity contribution is 0.0312. The molecule has 0 bridgehead atoms. The first kappa shape index (κ1) is 9.56. The molecule has 1 aliphatic rings. The maximum atomic E-state index is 10.4. The van der Waals surface area contributed by atoms with Crippen molar-refractivity contribution in [1.82, 2.24) is 0 Å². The molecule has 1 nitrogen and oxygen atoms in total. The Kier molecular flexibility index (Phi) is 2.67. The molecular formula is C10H14OS2. The van der Waals surface area contributed by atoms with E-state index in [2.05, 4.69) is 18.4 Å². The lowest BCUT2D eigenvalue weighted by atomic mass is 9.93. The Bertz CT molecular complexity index is 287. The average Bonchev–Trinajstić information content (AvgIpc) is 2.53. The van der Waals surface area contributed by atoms with Gasteiger partial charge in [0.15, 0.2) is 0 Å². The molecule has 0 spiro atoms. The molecule has 1 N–H and O–H groups in total. The van der Waals surface area contributed by atoms with Crippen molar-refractivity contribution in [3.05, 3.63) is 21.9 Å². The molecule has 0 atom stereocenters. The number of rotatable bonds is 1. The number of thiophene rings is 1. The van der Waals surface area contributed by atoms with Gasteiger partial charge in [-0.25, -0.2) is 0 Å². The van der Waals surface area contributed by atoms with Gasteiger partial charge in [0, 0.05) is 4.88 Å². The van der Waals surface area contributed by atoms with Crippen molar-refractivity contribution >= 4 is 23.1 Å². The Balaban J connectivity index is 2.27. The highest BCUT2D eigenvalue weighted by atomic mass is 32.2. The van der Waals surface area contributed by atoms with Gasteiger partial charge in [-0.05, 0) is 48.3 Å². The zero-order valence-electron chi connectivity index (χ0n) is 7.75. The first-order chi connectivity index (χ1) is 6.22. The van der Waals surface area contributed by atoms with Crippen LogP contribution in [0.3, 0.4) is 0 Å². The fourth-order valence-electron chi connectivity index (χ4n) is 1.79. The maximum Gasteiger partial charge on any atom is 0.101 e. The minimum atomic E-state index is -0.510. The van der Waals surface area contributed by atoms with Crippen molar-refractivity contribution in [2.45, 2.75) is 25.4 Å². The van der Waals surface area contributed by atoms with Crippen LogP contribution in [0, 0.1) is 6.92 Å². The Labute approximate surface area is 87.2 Å². The molecule has 0 saturated carbocycles. The van der Waals surface area contributed by atoms with E-state index in [1.54, 1.807) is 11.3 Å². The largest absolute Gasteiger partial charge is 0.384 e. The monoisotopic (exact) mass is 214 g/mol. The van der Waals surface area contributed by atoms with Crippen LogP contribution in [0.2, 0.25) is 0 Å². The van der Waals surface area contributed by atoms with Gasteiger partial charge >= 0.3 is 0 Å². The molecule has 13 heavy (non-hydrogen) atoms. The number of aliphatic hydroxyl groups is 1. The molecule has 0 aromatic carbocycles. The normalized spacial score (nSPS) is 21.7. The summed E-state index contributed by atoms with van der Waals surface area (Å²) in [4.78, 5) is 1.19. The summed E-state index contributed by atoms with van der Waals surface area (Å²) in [6.07, 6.45) is 1.83. The summed E-state index contributed by atoms with van der Waals surface area (Å²) in [7, 11) is 0. The summed E-state index contributed by atoms with van der Waals surface area (Å²) >= 11 is 3.64. The Hall–Kier alpha value is 0.01000. The van der Waals surface area contributed by atoms with Gasteiger partial charge in [-0.15, -0.1) is 11.3 Å². The third-order valence-corrected chi connectivity index (χ3v) is 4.80. The van der Waals surface area contributed by atoms with Crippen molar-refractivity contribution in [3.8, 4) is 0 Å². The summed E-state index contributed by atoms with van der Waals surface area (Å²) in [5.41, 5.74) is 0.739. The lowest BCUT2D eigenvalue weighted by Gasteiger charge is -2.31. The minimum absolute atomic E-state index is 0.510. The maximum absolute atomic E-state index is 10.4. The number of thioether (sulfide) groups is 1. The Morgan fingerprint density at radius 2 is 2.08 bits per heavy atom. The smallest absolute Gasteiger partial charge is 0.101 e. The van der Waals surface area contributed by atoms with Crippen LogP contribution >= 0.6 is 23.1 Å². The zero-order valence-corrected chi connectivity index (χ0v) is 9.38. The fourth-order valence-corrected chi connectivity index (χ4v) is 4.04. The van der Waals surface area contributed by atoms with Crippen molar-refractivity contribution in [1.29, 1.82) is 0 Å². The van der Waals surface area contributed by atoms with E-state index in [9.17, 15) is 5.11 Å². The quantitative estimate of drug-likeness (QED) is 0.775. The van der Waals surface area contributed by atoms with Gasteiger partial charge in [-0.2, -0.15) is 11.8 Å². The average molecular weight is 214 g/mol. The Morgan fingerprint density at radius 3 is 2.62 bits per heavy atom. The third kappa shape index (κ3) is 1.78. The molecule has 1 aromatic heterocycles. The van der Waals surface area contributed by atoms with E-state index in [1.807, 2.05) is 11.8 Å². The van der Waals surface area contributed by atoms with E-state index in [0.717, 1.165) is 24.3 Å². The predicted molar refractivity (Wildman–Crippen MR) is 59.5 cm³/mol. The van der Waals surface area contributed by atoms with Crippen LogP contribution in [-0.4, -0.2) is 16.6 Å². The van der Waals surface area contributed by atoms with Crippen molar-refractivity contribution in [2.75, 3.05) is 11.5 Å². The molecule has 72 valence electrons. The van der Waals surface area contributed by atoms with Crippen LogP contribution in [0.15, 0.2) is 11.4 Å². The summed E-state index contributed by atoms with van der Waals surface area (Å²) in [6, 6.07) is 2.10. The molecule has 0 unspecified atom stereocenters. The van der Waals surface area contributed by atoms with Crippen molar-refractivity contribution in [2.24, 2.45) is 0 Å². The minimum Gasteiger partial charge on any atom is -0.384 e. The second-order valence-corrected chi connectivity index (χ2v) is 5.72. The summed E-state index contributed by atoms with van der Waals surface area (Å²) in [5.74, 6) is 2.18. The van der Waals surface area contributed by atoms with E-state index >= 15 is 0 Å². The highest BCUT2D eigenvalue weighted by Crippen LogP contribution is 2.39. The molecule has 2 rings (SSSR count). The van der Waals surface area contributed by atoms with Gasteiger partial charge in [0.1, 0.15) is 5.60 Å². The molecular weight excluding hydrogens is 200 g/mol. The van der Waals surface area contributed by atoms with Gasteiger partial charge in [-0.1, -0.05) is 0 Å². The van der Waals surface area contributed by atoms with Crippen molar-refractivity contribution in [3.63, 3.8) is 0 Å². The van der Waals surface area contributed by atoms with Crippen LogP contribution in [0.5, 0.6) is 0 Å². The molecule has 3 heteroatoms. The summed E-state index contributed by atoms with van der Waals surface area (Å²) in [5, 5.41) is 12.5. The van der Waals surface area contributed by atoms with E-state index in [0.29, 0.717) is 0 Å². The summed E-state index contributed by atoms with van der Waals surface area (Å²) < 4.78 is 0. The fraction of sp³-hybridized carbons (Fsp3) is 0.600. The topological polar surface area (TPSA) is 20.2 Å². The SMILES string of the molecule is Cc1ccsc1C1(O)CCSCC1. The highest BCUT2D eigenvalue weighted by molar-refractivity contribution is 7.99. The van der Waals surface area contributed by atoms with Gasteiger partial charge < -0.3 is 5.11 Å². The number of hydrogen-bond donors (Lipinski definition) is 1. The van der Waals surface area contributed by atoms with Gasteiger partial charge in [-0.3, -0.25) is 0 Å². The van der Waals surface area contributed by atoms with E-state index < -0.39 is 5.60 Å². The zero-order chi connectivity index (χ0) is 9.31. The number of hydrogen-bond acceptors (Lipinski definition) is 3. The predicted octanol–water partition coefficient (Wildman–Crippen LogP) is 2.77. The lowest BCUT2D eigenvalue weighted by Crippen LogP contribution is -2.30. The second kappa shape index (κ2) is 3.64. The second-order valence-electron chi connectivity index (χ2n) is 3.58. The van der Waals surface area contributed by atoms with Gasteiger partial charge in [0.2, 0.25) is 0 Å². The molecule has 0 aliphatic carbocycles. The van der Waals surface area contributed by atoms with Crippen LogP contribution in [0.4, 0.5) is 0 Å². The molecule has 2 heterocycles. The van der Waals surface area contributed by atoms with Gasteiger partial charge in [0.05, 0.1) is 0 Å². The van der Waals surface area contributed by atoms with Crippen molar-refractivity contribution < 1.29 is 5.11 Å². The Morgan fingerprint density at radius 1 is 1.38 bits per heavy atom. The highest BCUT2D eigenvalue weighted by Gasteiger charge is 2.33. The third-order valence-electron chi connectivity index (χ3n) is 2.60. The molecule has 1 fully saturated rings. The first-order valence-corrected chi connectivity index (χ1v) is 6.60. The molecule has 0 radical (unpaired) electrons. The van der Waals surface area contributed by atoms with E-state index in [1.165, 1.54) is 10.4 Å². The van der Waals surface area contributed by atoms with Crippen LogP contribution < -0.4 is 0 Å². The molecule has 1 aromatic rings. The molecule has 1 saturated heterocycles. The van der Waals surface area contributed by atoms with Crippen LogP contribution in [0.25, 0.3) is 0 Å².